The van der Waals surface area contributed by atoms with Gasteiger partial charge < -0.3 is 14.6 Å². The zero-order chi connectivity index (χ0) is 16.8. The molecule has 4 nitrogen and oxygen atoms in total. The lowest BCUT2D eigenvalue weighted by Crippen LogP contribution is -2.25. The number of amides is 1. The second-order valence-corrected chi connectivity index (χ2v) is 6.56. The number of carbonyl (C=O) groups excluding carboxylic acids is 1. The number of aryl methyl sites for hydroxylation is 1. The molecule has 0 unspecified atom stereocenters. The molecule has 0 fully saturated rings. The van der Waals surface area contributed by atoms with Crippen molar-refractivity contribution in [3.63, 3.8) is 0 Å². The summed E-state index contributed by atoms with van der Waals surface area (Å²) in [5.41, 5.74) is 2.85. The van der Waals surface area contributed by atoms with Gasteiger partial charge in [-0.15, -0.1) is 0 Å². The molecule has 0 bridgehead atoms. The maximum Gasteiger partial charge on any atom is 0.268 e. The minimum atomic E-state index is -0.0721. The first-order chi connectivity index (χ1) is 11.0. The summed E-state index contributed by atoms with van der Waals surface area (Å²) in [4.78, 5) is 12.4. The van der Waals surface area contributed by atoms with Crippen LogP contribution in [0.1, 0.15) is 42.4 Å². The van der Waals surface area contributed by atoms with Gasteiger partial charge in [-0.25, -0.2) is 0 Å². The molecule has 0 saturated carbocycles. The highest BCUT2D eigenvalue weighted by molar-refractivity contribution is 9.10. The minimum Gasteiger partial charge on any atom is -0.374 e. The fraction of sp³-hybridized carbons (Fsp3) is 0.389. The van der Waals surface area contributed by atoms with Gasteiger partial charge in [0.15, 0.2) is 0 Å². The van der Waals surface area contributed by atoms with Gasteiger partial charge in [0.05, 0.1) is 12.7 Å². The summed E-state index contributed by atoms with van der Waals surface area (Å²) in [6, 6.07) is 9.87. The summed E-state index contributed by atoms with van der Waals surface area (Å²) in [5.74, 6) is -0.0721. The Labute approximate surface area is 146 Å². The van der Waals surface area contributed by atoms with E-state index < -0.39 is 0 Å². The molecule has 1 aromatic heterocycles. The Morgan fingerprint density at radius 3 is 2.65 bits per heavy atom. The van der Waals surface area contributed by atoms with Crippen molar-refractivity contribution in [3.8, 4) is 0 Å². The van der Waals surface area contributed by atoms with Gasteiger partial charge in [-0.1, -0.05) is 24.3 Å². The number of carbonyl (C=O) groups is 1. The van der Waals surface area contributed by atoms with Crippen LogP contribution in [0, 0.1) is 0 Å². The number of nitrogens with one attached hydrogen (secondary N) is 1. The Balaban J connectivity index is 2.04. The molecule has 124 valence electrons. The molecule has 2 aromatic rings. The fourth-order valence-electron chi connectivity index (χ4n) is 2.32. The molecule has 1 aromatic carbocycles. The predicted molar refractivity (Wildman–Crippen MR) is 95.3 cm³/mol. The van der Waals surface area contributed by atoms with Crippen LogP contribution < -0.4 is 5.32 Å². The molecular weight excluding hydrogens is 356 g/mol. The Morgan fingerprint density at radius 2 is 2.00 bits per heavy atom. The lowest BCUT2D eigenvalue weighted by molar-refractivity contribution is 0.0651. The first kappa shape index (κ1) is 17.8. The van der Waals surface area contributed by atoms with Crippen molar-refractivity contribution in [1.29, 1.82) is 0 Å². The maximum atomic E-state index is 12.4. The third kappa shape index (κ3) is 4.94. The van der Waals surface area contributed by atoms with Crippen molar-refractivity contribution in [2.24, 2.45) is 0 Å². The Kier molecular flexibility index (Phi) is 6.42. The molecule has 2 rings (SSSR count). The molecule has 0 aliphatic rings. The number of halogens is 1. The van der Waals surface area contributed by atoms with Gasteiger partial charge >= 0.3 is 0 Å². The van der Waals surface area contributed by atoms with Gasteiger partial charge in [0, 0.05) is 23.8 Å². The molecule has 0 aliphatic heterocycles. The zero-order valence-corrected chi connectivity index (χ0v) is 15.4. The van der Waals surface area contributed by atoms with Crippen molar-refractivity contribution < 1.29 is 9.53 Å². The molecule has 5 heteroatoms. The van der Waals surface area contributed by atoms with Gasteiger partial charge in [0.2, 0.25) is 0 Å². The number of benzene rings is 1. The van der Waals surface area contributed by atoms with Crippen LogP contribution in [0.5, 0.6) is 0 Å². The Hall–Kier alpha value is -1.59. The summed E-state index contributed by atoms with van der Waals surface area (Å²) in [5, 5.41) is 3.00. The molecular formula is C18H23BrN2O2. The zero-order valence-electron chi connectivity index (χ0n) is 13.8. The van der Waals surface area contributed by atoms with Gasteiger partial charge in [-0.2, -0.15) is 0 Å². The van der Waals surface area contributed by atoms with Crippen molar-refractivity contribution in [1.82, 2.24) is 9.88 Å². The molecule has 0 saturated heterocycles. The summed E-state index contributed by atoms with van der Waals surface area (Å²) in [6.45, 7) is 7.85. The topological polar surface area (TPSA) is 43.3 Å². The largest absolute Gasteiger partial charge is 0.374 e. The van der Waals surface area contributed by atoms with Gasteiger partial charge in [0.1, 0.15) is 5.69 Å². The van der Waals surface area contributed by atoms with Gasteiger partial charge in [-0.05, 0) is 53.9 Å². The highest BCUT2D eigenvalue weighted by atomic mass is 79.9. The summed E-state index contributed by atoms with van der Waals surface area (Å²) >= 11 is 3.42. The number of nitrogens with zero attached hydrogens (tertiary/aromatic N) is 1. The summed E-state index contributed by atoms with van der Waals surface area (Å²) in [7, 11) is 0. The van der Waals surface area contributed by atoms with Crippen molar-refractivity contribution in [2.45, 2.75) is 46.6 Å². The van der Waals surface area contributed by atoms with Crippen LogP contribution >= 0.6 is 15.9 Å². The smallest absolute Gasteiger partial charge is 0.268 e. The number of ether oxygens (including phenoxy) is 1. The van der Waals surface area contributed by atoms with Crippen LogP contribution in [-0.4, -0.2) is 16.6 Å². The Bertz CT molecular complexity index is 665. The lowest BCUT2D eigenvalue weighted by Gasteiger charge is -2.13. The van der Waals surface area contributed by atoms with Crippen LogP contribution in [0.15, 0.2) is 41.0 Å². The van der Waals surface area contributed by atoms with Crippen molar-refractivity contribution >= 4 is 21.8 Å². The highest BCUT2D eigenvalue weighted by Gasteiger charge is 2.12. The first-order valence-electron chi connectivity index (χ1n) is 7.83. The number of hydrogen-bond acceptors (Lipinski definition) is 2. The minimum absolute atomic E-state index is 0.0721. The third-order valence-electron chi connectivity index (χ3n) is 3.57. The molecule has 1 N–H and O–H groups in total. The van der Waals surface area contributed by atoms with E-state index in [2.05, 4.69) is 21.2 Å². The second kappa shape index (κ2) is 8.31. The monoisotopic (exact) mass is 378 g/mol. The van der Waals surface area contributed by atoms with E-state index >= 15 is 0 Å². The van der Waals surface area contributed by atoms with E-state index in [9.17, 15) is 4.79 Å². The first-order valence-corrected chi connectivity index (χ1v) is 8.62. The predicted octanol–water partition coefficient (Wildman–Crippen LogP) is 4.13. The average molecular weight is 379 g/mol. The molecule has 0 atom stereocenters. The van der Waals surface area contributed by atoms with Gasteiger partial charge in [-0.3, -0.25) is 4.79 Å². The molecule has 0 aliphatic carbocycles. The normalized spacial score (nSPS) is 11.0. The van der Waals surface area contributed by atoms with E-state index in [0.717, 1.165) is 22.1 Å². The van der Waals surface area contributed by atoms with Crippen LogP contribution in [0.2, 0.25) is 0 Å². The molecule has 1 heterocycles. The fourth-order valence-corrected chi connectivity index (χ4v) is 2.78. The second-order valence-electron chi connectivity index (χ2n) is 5.64. The molecule has 23 heavy (non-hydrogen) atoms. The number of rotatable bonds is 7. The Morgan fingerprint density at radius 1 is 1.30 bits per heavy atom. The quantitative estimate of drug-likeness (QED) is 0.786. The number of hydrogen-bond donors (Lipinski definition) is 1. The standard InChI is InChI=1S/C18H23BrN2O2/c1-4-21-11-16(19)9-17(21)18(22)20-10-14-7-5-6-8-15(14)12-23-13(2)3/h5-9,11,13H,4,10,12H2,1-3H3,(H,20,22). The van der Waals surface area contributed by atoms with E-state index in [-0.39, 0.29) is 12.0 Å². The lowest BCUT2D eigenvalue weighted by atomic mass is 10.1. The van der Waals surface area contributed by atoms with Gasteiger partial charge in [0.25, 0.3) is 5.91 Å². The van der Waals surface area contributed by atoms with Crippen LogP contribution in [0.3, 0.4) is 0 Å². The van der Waals surface area contributed by atoms with E-state index in [1.54, 1.807) is 0 Å². The van der Waals surface area contributed by atoms with Crippen LogP contribution in [-0.2, 0) is 24.4 Å². The van der Waals surface area contributed by atoms with Crippen molar-refractivity contribution in [2.75, 3.05) is 0 Å². The van der Waals surface area contributed by atoms with Crippen LogP contribution in [0.25, 0.3) is 0 Å². The van der Waals surface area contributed by atoms with E-state index in [1.807, 2.05) is 61.9 Å². The summed E-state index contributed by atoms with van der Waals surface area (Å²) in [6.07, 6.45) is 2.10. The molecule has 1 amide bonds. The van der Waals surface area contributed by atoms with Crippen molar-refractivity contribution in [3.05, 3.63) is 57.8 Å². The number of aromatic nitrogens is 1. The van der Waals surface area contributed by atoms with E-state index in [1.165, 1.54) is 0 Å². The molecule has 0 spiro atoms. The SMILES string of the molecule is CCn1cc(Br)cc1C(=O)NCc1ccccc1COC(C)C. The van der Waals surface area contributed by atoms with E-state index in [4.69, 9.17) is 4.74 Å². The third-order valence-corrected chi connectivity index (χ3v) is 4.00. The highest BCUT2D eigenvalue weighted by Crippen LogP contribution is 2.16. The maximum absolute atomic E-state index is 12.4. The molecule has 0 radical (unpaired) electrons. The van der Waals surface area contributed by atoms with E-state index in [0.29, 0.717) is 18.8 Å². The average Bonchev–Trinajstić information content (AvgIpc) is 2.92. The van der Waals surface area contributed by atoms with Crippen LogP contribution in [0.4, 0.5) is 0 Å². The summed E-state index contributed by atoms with van der Waals surface area (Å²) < 4.78 is 8.51.